The molecule has 1 saturated carbocycles. The van der Waals surface area contributed by atoms with Crippen LogP contribution in [0.25, 0.3) is 0 Å². The summed E-state index contributed by atoms with van der Waals surface area (Å²) in [7, 11) is 1.53. The number of hydrogen-bond donors (Lipinski definition) is 3. The van der Waals surface area contributed by atoms with Gasteiger partial charge in [0.1, 0.15) is 17.2 Å². The fraction of sp³-hybridized carbons (Fsp3) is 0.381. The van der Waals surface area contributed by atoms with Gasteiger partial charge in [-0.2, -0.15) is 0 Å². The molecule has 11 heteroatoms. The normalized spacial score (nSPS) is 18.4. The van der Waals surface area contributed by atoms with Crippen LogP contribution >= 0.6 is 0 Å². The number of alkyl halides is 3. The summed E-state index contributed by atoms with van der Waals surface area (Å²) in [5, 5.41) is 7.96. The van der Waals surface area contributed by atoms with E-state index in [1.165, 1.54) is 25.4 Å². The van der Waals surface area contributed by atoms with Crippen molar-refractivity contribution in [2.24, 2.45) is 0 Å². The topological polar surface area (TPSA) is 102 Å². The molecule has 1 heterocycles. The number of benzene rings is 1. The van der Waals surface area contributed by atoms with Gasteiger partial charge in [-0.3, -0.25) is 9.78 Å². The lowest BCUT2D eigenvalue weighted by atomic mass is 9.93. The number of anilines is 1. The minimum absolute atomic E-state index is 0.0442. The van der Waals surface area contributed by atoms with Gasteiger partial charge in [0.2, 0.25) is 0 Å². The van der Waals surface area contributed by atoms with Crippen molar-refractivity contribution in [3.63, 3.8) is 0 Å². The molecule has 1 aromatic heterocycles. The number of carbonyl (C=O) groups excluding carboxylic acids is 2. The quantitative estimate of drug-likeness (QED) is 0.618. The van der Waals surface area contributed by atoms with Crippen LogP contribution in [0.5, 0.6) is 11.5 Å². The van der Waals surface area contributed by atoms with Crippen LogP contribution in [0.1, 0.15) is 36.2 Å². The first-order valence-corrected chi connectivity index (χ1v) is 10.00. The first-order valence-electron chi connectivity index (χ1n) is 10.00. The predicted octanol–water partition coefficient (Wildman–Crippen LogP) is 3.85. The van der Waals surface area contributed by atoms with Crippen LogP contribution in [0, 0.1) is 0 Å². The molecule has 0 radical (unpaired) electrons. The summed E-state index contributed by atoms with van der Waals surface area (Å²) in [4.78, 5) is 27.9. The SMILES string of the molecule is CNC(=O)c1cc(OC2CCC(NC(=O)Nc3ccc(OC(F)(F)F)cc3)CC2)ccn1. The van der Waals surface area contributed by atoms with E-state index in [9.17, 15) is 22.8 Å². The highest BCUT2D eigenvalue weighted by atomic mass is 19.4. The number of rotatable bonds is 6. The van der Waals surface area contributed by atoms with Crippen molar-refractivity contribution >= 4 is 17.6 Å². The summed E-state index contributed by atoms with van der Waals surface area (Å²) >= 11 is 0. The summed E-state index contributed by atoms with van der Waals surface area (Å²) in [5.41, 5.74) is 0.619. The van der Waals surface area contributed by atoms with Crippen molar-refractivity contribution < 1.29 is 32.2 Å². The van der Waals surface area contributed by atoms with E-state index in [1.807, 2.05) is 0 Å². The third kappa shape index (κ3) is 7.03. The van der Waals surface area contributed by atoms with E-state index < -0.39 is 12.4 Å². The number of pyridine rings is 1. The van der Waals surface area contributed by atoms with Gasteiger partial charge >= 0.3 is 12.4 Å². The van der Waals surface area contributed by atoms with E-state index in [1.54, 1.807) is 12.1 Å². The highest BCUT2D eigenvalue weighted by Crippen LogP contribution is 2.25. The largest absolute Gasteiger partial charge is 0.573 e. The third-order valence-electron chi connectivity index (χ3n) is 4.85. The lowest BCUT2D eigenvalue weighted by molar-refractivity contribution is -0.274. The zero-order valence-corrected chi connectivity index (χ0v) is 17.2. The molecule has 3 N–H and O–H groups in total. The van der Waals surface area contributed by atoms with Crippen LogP contribution in [0.2, 0.25) is 0 Å². The zero-order chi connectivity index (χ0) is 23.1. The van der Waals surface area contributed by atoms with Gasteiger partial charge in [0.15, 0.2) is 0 Å². The number of nitrogens with zero attached hydrogens (tertiary/aromatic N) is 1. The van der Waals surface area contributed by atoms with Gasteiger partial charge in [-0.1, -0.05) is 0 Å². The molecule has 8 nitrogen and oxygen atoms in total. The summed E-state index contributed by atoms with van der Waals surface area (Å²) in [6, 6.07) is 7.68. The van der Waals surface area contributed by atoms with Crippen LogP contribution < -0.4 is 25.4 Å². The molecular formula is C21H23F3N4O4. The maximum atomic E-state index is 12.2. The molecule has 1 aliphatic carbocycles. The maximum Gasteiger partial charge on any atom is 0.573 e. The Bertz CT molecular complexity index is 929. The van der Waals surface area contributed by atoms with Crippen LogP contribution in [0.15, 0.2) is 42.6 Å². The van der Waals surface area contributed by atoms with Gasteiger partial charge in [0.25, 0.3) is 5.91 Å². The molecule has 3 rings (SSSR count). The second-order valence-electron chi connectivity index (χ2n) is 7.22. The van der Waals surface area contributed by atoms with E-state index in [2.05, 4.69) is 25.7 Å². The molecule has 0 bridgehead atoms. The molecule has 172 valence electrons. The first kappa shape index (κ1) is 23.2. The zero-order valence-electron chi connectivity index (χ0n) is 17.2. The molecule has 1 fully saturated rings. The van der Waals surface area contributed by atoms with E-state index in [4.69, 9.17) is 4.74 Å². The Labute approximate surface area is 182 Å². The van der Waals surface area contributed by atoms with Crippen molar-refractivity contribution in [2.45, 2.75) is 44.2 Å². The van der Waals surface area contributed by atoms with Gasteiger partial charge in [-0.05, 0) is 56.0 Å². The standard InChI is InChI=1S/C21H23F3N4O4/c1-25-19(29)18-12-17(10-11-26-18)31-15-6-2-13(3-7-15)27-20(30)28-14-4-8-16(9-5-14)32-21(22,23)24/h4-5,8-13,15H,2-3,6-7H2,1H3,(H,25,29)(H2,27,28,30). The molecule has 0 saturated heterocycles. The van der Waals surface area contributed by atoms with Crippen LogP contribution in [0.3, 0.4) is 0 Å². The molecule has 1 aliphatic rings. The smallest absolute Gasteiger partial charge is 0.490 e. The van der Waals surface area contributed by atoms with Crippen molar-refractivity contribution in [1.29, 1.82) is 0 Å². The van der Waals surface area contributed by atoms with E-state index in [-0.39, 0.29) is 29.5 Å². The molecular weight excluding hydrogens is 429 g/mol. The van der Waals surface area contributed by atoms with E-state index in [0.717, 1.165) is 12.1 Å². The predicted molar refractivity (Wildman–Crippen MR) is 110 cm³/mol. The first-order chi connectivity index (χ1) is 15.2. The summed E-state index contributed by atoms with van der Waals surface area (Å²) < 4.78 is 46.3. The molecule has 0 spiro atoms. The summed E-state index contributed by atoms with van der Waals surface area (Å²) in [6.07, 6.45) is -0.471. The molecule has 0 unspecified atom stereocenters. The van der Waals surface area contributed by atoms with E-state index >= 15 is 0 Å². The number of nitrogens with one attached hydrogen (secondary N) is 3. The fourth-order valence-electron chi connectivity index (χ4n) is 3.35. The van der Waals surface area contributed by atoms with Crippen LogP contribution in [0.4, 0.5) is 23.7 Å². The highest BCUT2D eigenvalue weighted by Gasteiger charge is 2.31. The van der Waals surface area contributed by atoms with Crippen molar-refractivity contribution in [1.82, 2.24) is 15.6 Å². The lowest BCUT2D eigenvalue weighted by Crippen LogP contribution is -2.41. The second-order valence-corrected chi connectivity index (χ2v) is 7.22. The van der Waals surface area contributed by atoms with Crippen LogP contribution in [-0.4, -0.2) is 42.5 Å². The number of amides is 3. The molecule has 2 aromatic rings. The molecule has 1 aromatic carbocycles. The van der Waals surface area contributed by atoms with Crippen molar-refractivity contribution in [3.8, 4) is 11.5 Å². The second kappa shape index (κ2) is 10.2. The Balaban J connectivity index is 1.43. The van der Waals surface area contributed by atoms with Gasteiger partial charge in [-0.15, -0.1) is 13.2 Å². The molecule has 3 amide bonds. The Morgan fingerprint density at radius 2 is 1.72 bits per heavy atom. The van der Waals surface area contributed by atoms with Gasteiger partial charge in [0, 0.05) is 31.0 Å². The molecule has 32 heavy (non-hydrogen) atoms. The monoisotopic (exact) mass is 452 g/mol. The minimum atomic E-state index is -4.77. The summed E-state index contributed by atoms with van der Waals surface area (Å²) in [5.74, 6) is -0.0963. The Morgan fingerprint density at radius 3 is 2.34 bits per heavy atom. The number of hydrogen-bond acceptors (Lipinski definition) is 5. The minimum Gasteiger partial charge on any atom is -0.490 e. The van der Waals surface area contributed by atoms with Gasteiger partial charge in [0.05, 0.1) is 6.10 Å². The van der Waals surface area contributed by atoms with Crippen LogP contribution in [-0.2, 0) is 0 Å². The van der Waals surface area contributed by atoms with Gasteiger partial charge < -0.3 is 25.4 Å². The fourth-order valence-corrected chi connectivity index (χ4v) is 3.35. The maximum absolute atomic E-state index is 12.2. The van der Waals surface area contributed by atoms with E-state index in [0.29, 0.717) is 37.1 Å². The Hall–Kier alpha value is -3.50. The average molecular weight is 452 g/mol. The Kier molecular flexibility index (Phi) is 7.39. The van der Waals surface area contributed by atoms with Crippen molar-refractivity contribution in [3.05, 3.63) is 48.3 Å². The number of urea groups is 1. The number of halogens is 3. The number of aromatic nitrogens is 1. The number of ether oxygens (including phenoxy) is 2. The average Bonchev–Trinajstić information content (AvgIpc) is 2.75. The summed E-state index contributed by atoms with van der Waals surface area (Å²) in [6.45, 7) is 0. The third-order valence-corrected chi connectivity index (χ3v) is 4.85. The Morgan fingerprint density at radius 1 is 1.03 bits per heavy atom. The molecule has 0 atom stereocenters. The number of carbonyl (C=O) groups is 2. The van der Waals surface area contributed by atoms with Gasteiger partial charge in [-0.25, -0.2) is 4.79 Å². The van der Waals surface area contributed by atoms with Crippen molar-refractivity contribution in [2.75, 3.05) is 12.4 Å². The highest BCUT2D eigenvalue weighted by molar-refractivity contribution is 5.92. The lowest BCUT2D eigenvalue weighted by Gasteiger charge is -2.29. The molecule has 0 aliphatic heterocycles.